The standard InChI is InChI=1S/C7H9F3N2O3/c8-7(9,10)6(15)11-12-2-1-4(3-12)5(13)14/h4H,1-3H2,(H,11,15)(H,13,14). The van der Waals surface area contributed by atoms with Crippen LogP contribution in [0.3, 0.4) is 0 Å². The van der Waals surface area contributed by atoms with Gasteiger partial charge in [0.05, 0.1) is 5.92 Å². The number of carbonyl (C=O) groups is 2. The largest absolute Gasteiger partial charge is 0.481 e. The number of hydrazine groups is 1. The Morgan fingerprint density at radius 2 is 2.00 bits per heavy atom. The van der Waals surface area contributed by atoms with Crippen LogP contribution in [0.15, 0.2) is 0 Å². The van der Waals surface area contributed by atoms with Gasteiger partial charge in [0.2, 0.25) is 0 Å². The van der Waals surface area contributed by atoms with E-state index in [-0.39, 0.29) is 19.5 Å². The maximum absolute atomic E-state index is 11.8. The van der Waals surface area contributed by atoms with E-state index in [9.17, 15) is 22.8 Å². The van der Waals surface area contributed by atoms with E-state index < -0.39 is 24.0 Å². The molecule has 0 bridgehead atoms. The van der Waals surface area contributed by atoms with Crippen LogP contribution < -0.4 is 5.43 Å². The minimum absolute atomic E-state index is 0.100. The van der Waals surface area contributed by atoms with Crippen LogP contribution in [-0.2, 0) is 9.59 Å². The van der Waals surface area contributed by atoms with Crippen molar-refractivity contribution in [2.24, 2.45) is 5.92 Å². The first-order valence-electron chi connectivity index (χ1n) is 4.16. The molecule has 0 spiro atoms. The fourth-order valence-corrected chi connectivity index (χ4v) is 1.27. The zero-order valence-corrected chi connectivity index (χ0v) is 7.54. The molecule has 0 aromatic carbocycles. The summed E-state index contributed by atoms with van der Waals surface area (Å²) in [4.78, 5) is 20.9. The van der Waals surface area contributed by atoms with Crippen LogP contribution in [0.5, 0.6) is 0 Å². The molecule has 1 aliphatic rings. The molecule has 1 amide bonds. The summed E-state index contributed by atoms with van der Waals surface area (Å²) in [6.45, 7) is 0.00986. The predicted molar refractivity (Wildman–Crippen MR) is 41.5 cm³/mol. The minimum atomic E-state index is -4.94. The van der Waals surface area contributed by atoms with Crippen LogP contribution in [0.1, 0.15) is 6.42 Å². The third-order valence-electron chi connectivity index (χ3n) is 2.05. The van der Waals surface area contributed by atoms with E-state index in [0.717, 1.165) is 5.01 Å². The highest BCUT2D eigenvalue weighted by Crippen LogP contribution is 2.17. The van der Waals surface area contributed by atoms with E-state index in [1.54, 1.807) is 5.43 Å². The molecule has 1 heterocycles. The lowest BCUT2D eigenvalue weighted by Gasteiger charge is -2.17. The molecule has 0 radical (unpaired) electrons. The van der Waals surface area contributed by atoms with Crippen molar-refractivity contribution in [1.82, 2.24) is 10.4 Å². The van der Waals surface area contributed by atoms with Crippen LogP contribution >= 0.6 is 0 Å². The monoisotopic (exact) mass is 226 g/mol. The lowest BCUT2D eigenvalue weighted by Crippen LogP contribution is -2.47. The van der Waals surface area contributed by atoms with E-state index in [1.165, 1.54) is 0 Å². The van der Waals surface area contributed by atoms with Crippen molar-refractivity contribution in [1.29, 1.82) is 0 Å². The summed E-state index contributed by atoms with van der Waals surface area (Å²) < 4.78 is 35.4. The first-order valence-corrected chi connectivity index (χ1v) is 4.16. The van der Waals surface area contributed by atoms with Crippen LogP contribution in [0.4, 0.5) is 13.2 Å². The van der Waals surface area contributed by atoms with Crippen molar-refractivity contribution in [3.63, 3.8) is 0 Å². The van der Waals surface area contributed by atoms with Gasteiger partial charge in [0.15, 0.2) is 0 Å². The summed E-state index contributed by atoms with van der Waals surface area (Å²) >= 11 is 0. The lowest BCUT2D eigenvalue weighted by molar-refractivity contribution is -0.178. The fraction of sp³-hybridized carbons (Fsp3) is 0.714. The number of rotatable bonds is 2. The maximum atomic E-state index is 11.8. The summed E-state index contributed by atoms with van der Waals surface area (Å²) in [5, 5.41) is 9.53. The molecule has 1 aliphatic heterocycles. The van der Waals surface area contributed by atoms with Crippen LogP contribution in [0.25, 0.3) is 0 Å². The second-order valence-electron chi connectivity index (χ2n) is 3.21. The number of amides is 1. The number of alkyl halides is 3. The number of carboxylic acids is 1. The Hall–Kier alpha value is -1.31. The van der Waals surface area contributed by atoms with Gasteiger partial charge >= 0.3 is 18.1 Å². The predicted octanol–water partition coefficient (Wildman–Crippen LogP) is -0.0136. The number of nitrogens with zero attached hydrogens (tertiary/aromatic N) is 1. The molecule has 0 saturated carbocycles. The van der Waals surface area contributed by atoms with Crippen molar-refractivity contribution < 1.29 is 27.9 Å². The molecule has 8 heteroatoms. The normalized spacial score (nSPS) is 22.7. The Labute approximate surface area is 82.8 Å². The van der Waals surface area contributed by atoms with E-state index in [4.69, 9.17) is 5.11 Å². The average molecular weight is 226 g/mol. The summed E-state index contributed by atoms with van der Waals surface area (Å²) in [6, 6.07) is 0. The molecule has 1 saturated heterocycles. The SMILES string of the molecule is O=C(O)C1CCN(NC(=O)C(F)(F)F)C1. The Morgan fingerprint density at radius 3 is 2.40 bits per heavy atom. The highest BCUT2D eigenvalue weighted by molar-refractivity contribution is 5.81. The number of hydrogen-bond donors (Lipinski definition) is 2. The van der Waals surface area contributed by atoms with Gasteiger partial charge in [-0.15, -0.1) is 0 Å². The topological polar surface area (TPSA) is 69.6 Å². The lowest BCUT2D eigenvalue weighted by atomic mass is 10.1. The molecule has 15 heavy (non-hydrogen) atoms. The Morgan fingerprint density at radius 1 is 1.40 bits per heavy atom. The number of aliphatic carboxylic acids is 1. The average Bonchev–Trinajstić information content (AvgIpc) is 2.50. The number of halogens is 3. The van der Waals surface area contributed by atoms with Crippen molar-refractivity contribution in [2.45, 2.75) is 12.6 Å². The zero-order valence-electron chi connectivity index (χ0n) is 7.54. The van der Waals surface area contributed by atoms with Gasteiger partial charge in [-0.05, 0) is 6.42 Å². The number of carbonyl (C=O) groups excluding carboxylic acids is 1. The van der Waals surface area contributed by atoms with Gasteiger partial charge in [-0.1, -0.05) is 0 Å². The molecule has 1 atom stereocenters. The third kappa shape index (κ3) is 3.08. The number of nitrogens with one attached hydrogen (secondary N) is 1. The Kier molecular flexibility index (Phi) is 3.18. The fourth-order valence-electron chi connectivity index (χ4n) is 1.27. The molecule has 1 rings (SSSR count). The van der Waals surface area contributed by atoms with E-state index >= 15 is 0 Å². The summed E-state index contributed by atoms with van der Waals surface area (Å²) in [5.41, 5.74) is 1.61. The molecule has 0 aromatic heterocycles. The van der Waals surface area contributed by atoms with Crippen LogP contribution in [-0.4, -0.2) is 41.3 Å². The molecular weight excluding hydrogens is 217 g/mol. The molecule has 0 aliphatic carbocycles. The molecule has 86 valence electrons. The minimum Gasteiger partial charge on any atom is -0.481 e. The molecule has 0 aromatic rings. The molecule has 1 unspecified atom stereocenters. The summed E-state index contributed by atoms with van der Waals surface area (Å²) in [5.74, 6) is -3.87. The summed E-state index contributed by atoms with van der Waals surface area (Å²) in [6.07, 6.45) is -4.71. The van der Waals surface area contributed by atoms with Gasteiger partial charge in [0.25, 0.3) is 0 Å². The van der Waals surface area contributed by atoms with Gasteiger partial charge < -0.3 is 5.11 Å². The van der Waals surface area contributed by atoms with Gasteiger partial charge in [-0.2, -0.15) is 13.2 Å². The maximum Gasteiger partial charge on any atom is 0.472 e. The first-order chi connectivity index (χ1) is 6.80. The van der Waals surface area contributed by atoms with Gasteiger partial charge in [0.1, 0.15) is 0 Å². The smallest absolute Gasteiger partial charge is 0.472 e. The first kappa shape index (κ1) is 11.8. The van der Waals surface area contributed by atoms with Crippen molar-refractivity contribution in [3.05, 3.63) is 0 Å². The highest BCUT2D eigenvalue weighted by atomic mass is 19.4. The zero-order chi connectivity index (χ0) is 11.6. The van der Waals surface area contributed by atoms with Gasteiger partial charge in [-0.3, -0.25) is 15.0 Å². The second kappa shape index (κ2) is 4.05. The number of hydrogen-bond acceptors (Lipinski definition) is 3. The van der Waals surface area contributed by atoms with Gasteiger partial charge in [-0.25, -0.2) is 5.01 Å². The van der Waals surface area contributed by atoms with E-state index in [0.29, 0.717) is 0 Å². The quantitative estimate of drug-likeness (QED) is 0.694. The molecule has 5 nitrogen and oxygen atoms in total. The van der Waals surface area contributed by atoms with Crippen molar-refractivity contribution in [3.8, 4) is 0 Å². The third-order valence-corrected chi connectivity index (χ3v) is 2.05. The van der Waals surface area contributed by atoms with E-state index in [2.05, 4.69) is 0 Å². The molecule has 1 fully saturated rings. The van der Waals surface area contributed by atoms with Crippen LogP contribution in [0.2, 0.25) is 0 Å². The highest BCUT2D eigenvalue weighted by Gasteiger charge is 2.41. The van der Waals surface area contributed by atoms with Crippen molar-refractivity contribution in [2.75, 3.05) is 13.1 Å². The molecule has 2 N–H and O–H groups in total. The second-order valence-corrected chi connectivity index (χ2v) is 3.21. The Balaban J connectivity index is 2.43. The molecular formula is C7H9F3N2O3. The van der Waals surface area contributed by atoms with Gasteiger partial charge in [0, 0.05) is 13.1 Å². The van der Waals surface area contributed by atoms with E-state index in [1.807, 2.05) is 0 Å². The summed E-state index contributed by atoms with van der Waals surface area (Å²) in [7, 11) is 0. The Bertz CT molecular complexity index is 279. The van der Waals surface area contributed by atoms with Crippen LogP contribution in [0, 0.1) is 5.92 Å². The van der Waals surface area contributed by atoms with Crippen molar-refractivity contribution >= 4 is 11.9 Å². The number of carboxylic acid groups (broad SMARTS) is 1.